The Balaban J connectivity index is 1.14. The van der Waals surface area contributed by atoms with Gasteiger partial charge in [-0.05, 0) is 105 Å². The number of allylic oxidation sites excluding steroid dienone is 2. The molecule has 3 saturated carbocycles. The fraction of sp³-hybridized carbons (Fsp3) is 0.667. The van der Waals surface area contributed by atoms with Crippen molar-refractivity contribution in [2.45, 2.75) is 103 Å². The van der Waals surface area contributed by atoms with Crippen LogP contribution in [0, 0.1) is 40.9 Å². The molecule has 0 aromatic heterocycles. The number of nitrogens with zero attached hydrogens (tertiary/aromatic N) is 1. The average molecular weight is 574 g/mol. The molecule has 1 N–H and O–H groups in total. The SMILES string of the molecule is CC1=C2C[C@H]3[C@@H](CC[C@@H]4CC(=O)/C(=C\O)C[C@@]43C)[C@@H]2CC[C@@]2(C1)O[C@@H]1C[C@H](C)CN(OC(=O)c3ccccc3)[C@H]1[C@H]2C. The Morgan fingerprint density at radius 1 is 1.12 bits per heavy atom. The summed E-state index contributed by atoms with van der Waals surface area (Å²) < 4.78 is 7.15. The van der Waals surface area contributed by atoms with E-state index in [9.17, 15) is 14.7 Å². The number of piperidine rings is 1. The largest absolute Gasteiger partial charge is 0.515 e. The number of hydrogen-bond donors (Lipinski definition) is 1. The third-order valence-electron chi connectivity index (χ3n) is 12.8. The minimum Gasteiger partial charge on any atom is -0.515 e. The zero-order valence-corrected chi connectivity index (χ0v) is 25.7. The van der Waals surface area contributed by atoms with Gasteiger partial charge < -0.3 is 14.7 Å². The van der Waals surface area contributed by atoms with Crippen LogP contribution in [0.5, 0.6) is 0 Å². The van der Waals surface area contributed by atoms with Gasteiger partial charge in [0, 0.05) is 24.5 Å². The third kappa shape index (κ3) is 4.34. The van der Waals surface area contributed by atoms with Gasteiger partial charge in [-0.15, -0.1) is 5.06 Å². The van der Waals surface area contributed by atoms with Gasteiger partial charge in [0.15, 0.2) is 5.78 Å². The van der Waals surface area contributed by atoms with E-state index in [2.05, 4.69) is 27.7 Å². The first kappa shape index (κ1) is 28.3. The molecular formula is C36H47NO5. The predicted octanol–water partition coefficient (Wildman–Crippen LogP) is 7.22. The van der Waals surface area contributed by atoms with Gasteiger partial charge in [0.05, 0.1) is 29.6 Å². The van der Waals surface area contributed by atoms with Crippen LogP contribution in [0.25, 0.3) is 0 Å². The summed E-state index contributed by atoms with van der Waals surface area (Å²) in [6.45, 7) is 10.1. The summed E-state index contributed by atoms with van der Waals surface area (Å²) in [4.78, 5) is 31.8. The molecule has 7 rings (SSSR count). The highest BCUT2D eigenvalue weighted by Gasteiger charge is 2.61. The molecule has 0 radical (unpaired) electrons. The van der Waals surface area contributed by atoms with Crippen LogP contribution in [0.4, 0.5) is 0 Å². The van der Waals surface area contributed by atoms with E-state index in [1.165, 1.54) is 12.0 Å². The molecule has 42 heavy (non-hydrogen) atoms. The second-order valence-electron chi connectivity index (χ2n) is 15.0. The van der Waals surface area contributed by atoms with E-state index in [0.717, 1.165) is 57.8 Å². The summed E-state index contributed by atoms with van der Waals surface area (Å²) in [5, 5.41) is 11.8. The highest BCUT2D eigenvalue weighted by atomic mass is 16.7. The van der Waals surface area contributed by atoms with E-state index in [-0.39, 0.29) is 40.8 Å². The van der Waals surface area contributed by atoms with Crippen molar-refractivity contribution in [2.24, 2.45) is 40.9 Å². The van der Waals surface area contributed by atoms with Gasteiger partial charge in [-0.25, -0.2) is 4.79 Å². The second-order valence-corrected chi connectivity index (χ2v) is 15.0. The standard InChI is InChI=1S/C36H47NO5/c1-21-14-32-33(37(19-21)42-34(40)24-8-6-5-7-9-24)23(3)36(41-32)13-12-27-28-11-10-26-15-31(39)25(20-38)18-35(26,4)30(28)16-29(27)22(2)17-36/h5-9,20-21,23,26-28,30,32-33,38H,10-19H2,1-4H3/b25-20-/t21-,23+,26+,27-,28-,30-,32+,33-,35-,36-/m0/s1. The van der Waals surface area contributed by atoms with Crippen molar-refractivity contribution in [1.29, 1.82) is 0 Å². The zero-order valence-electron chi connectivity index (χ0n) is 25.7. The van der Waals surface area contributed by atoms with Gasteiger partial charge >= 0.3 is 5.97 Å². The highest BCUT2D eigenvalue weighted by molar-refractivity contribution is 5.96. The molecule has 1 aromatic carbocycles. The maximum Gasteiger partial charge on any atom is 0.357 e. The molecule has 2 aliphatic heterocycles. The van der Waals surface area contributed by atoms with Crippen molar-refractivity contribution in [3.05, 3.63) is 58.9 Å². The Morgan fingerprint density at radius 3 is 2.67 bits per heavy atom. The molecule has 1 spiro atoms. The van der Waals surface area contributed by atoms with Gasteiger partial charge in [-0.3, -0.25) is 4.79 Å². The second kappa shape index (κ2) is 10.3. The van der Waals surface area contributed by atoms with Gasteiger partial charge in [0.25, 0.3) is 0 Å². The minimum absolute atomic E-state index is 0.0635. The molecule has 4 aliphatic carbocycles. The number of rotatable bonds is 2. The lowest BCUT2D eigenvalue weighted by atomic mass is 9.51. The van der Waals surface area contributed by atoms with E-state index in [0.29, 0.717) is 47.1 Å². The van der Waals surface area contributed by atoms with Crippen LogP contribution < -0.4 is 0 Å². The fourth-order valence-corrected chi connectivity index (χ4v) is 10.7. The summed E-state index contributed by atoms with van der Waals surface area (Å²) in [7, 11) is 0. The van der Waals surface area contributed by atoms with Crippen molar-refractivity contribution in [3.63, 3.8) is 0 Å². The normalized spacial score (nSPS) is 44.4. The van der Waals surface area contributed by atoms with Crippen molar-refractivity contribution in [3.8, 4) is 0 Å². The molecule has 2 heterocycles. The molecular weight excluding hydrogens is 526 g/mol. The van der Waals surface area contributed by atoms with Crippen molar-refractivity contribution >= 4 is 11.8 Å². The van der Waals surface area contributed by atoms with Crippen molar-refractivity contribution in [1.82, 2.24) is 5.06 Å². The van der Waals surface area contributed by atoms with E-state index < -0.39 is 0 Å². The molecule has 6 aliphatic rings. The van der Waals surface area contributed by atoms with Gasteiger partial charge in [0.2, 0.25) is 0 Å². The van der Waals surface area contributed by atoms with Gasteiger partial charge in [0.1, 0.15) is 0 Å². The van der Waals surface area contributed by atoms with Gasteiger partial charge in [-0.1, -0.05) is 50.1 Å². The first-order chi connectivity index (χ1) is 20.1. The van der Waals surface area contributed by atoms with Crippen LogP contribution in [0.1, 0.15) is 95.8 Å². The van der Waals surface area contributed by atoms with Crippen LogP contribution in [0.15, 0.2) is 53.3 Å². The van der Waals surface area contributed by atoms with Crippen molar-refractivity contribution < 1.29 is 24.3 Å². The van der Waals surface area contributed by atoms with Crippen LogP contribution in [0.3, 0.4) is 0 Å². The quantitative estimate of drug-likeness (QED) is 0.229. The number of aliphatic hydroxyl groups is 1. The predicted molar refractivity (Wildman–Crippen MR) is 160 cm³/mol. The smallest absolute Gasteiger partial charge is 0.357 e. The maximum atomic E-state index is 13.1. The van der Waals surface area contributed by atoms with Crippen molar-refractivity contribution in [2.75, 3.05) is 6.54 Å². The number of hydroxylamine groups is 2. The molecule has 6 heteroatoms. The lowest BCUT2D eigenvalue weighted by molar-refractivity contribution is -0.182. The monoisotopic (exact) mass is 573 g/mol. The topological polar surface area (TPSA) is 76.1 Å². The minimum atomic E-state index is -0.288. The molecule has 0 amide bonds. The summed E-state index contributed by atoms with van der Waals surface area (Å²) in [6.07, 6.45) is 10.0. The Labute approximate surface area is 250 Å². The Hall–Kier alpha value is -2.44. The number of fused-ring (bicyclic) bond motifs is 6. The molecule has 5 fully saturated rings. The highest BCUT2D eigenvalue weighted by Crippen LogP contribution is 2.65. The number of hydrogen-bond acceptors (Lipinski definition) is 6. The van der Waals surface area contributed by atoms with Crippen LogP contribution in [0.2, 0.25) is 0 Å². The number of ketones is 1. The number of ether oxygens (including phenoxy) is 1. The molecule has 6 nitrogen and oxygen atoms in total. The third-order valence-corrected chi connectivity index (χ3v) is 12.8. The Kier molecular flexibility index (Phi) is 6.97. The fourth-order valence-electron chi connectivity index (χ4n) is 10.7. The number of benzene rings is 1. The summed E-state index contributed by atoms with van der Waals surface area (Å²) in [5.41, 5.74) is 4.21. The first-order valence-corrected chi connectivity index (χ1v) is 16.4. The van der Waals surface area contributed by atoms with Crippen LogP contribution in [-0.2, 0) is 14.4 Å². The number of carbonyl (C=O) groups excluding carboxylic acids is 2. The number of aliphatic hydroxyl groups excluding tert-OH is 1. The Bertz CT molecular complexity index is 1320. The van der Waals surface area contributed by atoms with E-state index in [1.807, 2.05) is 35.4 Å². The summed E-state index contributed by atoms with van der Waals surface area (Å²) in [5.74, 6) is 2.72. The summed E-state index contributed by atoms with van der Waals surface area (Å²) in [6, 6.07) is 9.36. The molecule has 0 unspecified atom stereocenters. The lowest BCUT2D eigenvalue weighted by Gasteiger charge is -2.52. The molecule has 10 atom stereocenters. The van der Waals surface area contributed by atoms with Crippen LogP contribution >= 0.6 is 0 Å². The van der Waals surface area contributed by atoms with E-state index in [1.54, 1.807) is 5.57 Å². The van der Waals surface area contributed by atoms with Gasteiger partial charge in [-0.2, -0.15) is 0 Å². The summed E-state index contributed by atoms with van der Waals surface area (Å²) >= 11 is 0. The van der Waals surface area contributed by atoms with E-state index in [4.69, 9.17) is 9.57 Å². The molecule has 0 bridgehead atoms. The molecule has 1 aromatic rings. The number of Topliss-reactive ketones (excluding diaryl/α,β-unsaturated/α-hetero) is 1. The first-order valence-electron chi connectivity index (χ1n) is 16.4. The van der Waals surface area contributed by atoms with Crippen LogP contribution in [-0.4, -0.2) is 46.2 Å². The molecule has 2 saturated heterocycles. The number of carbonyl (C=O) groups is 2. The van der Waals surface area contributed by atoms with E-state index >= 15 is 0 Å². The Morgan fingerprint density at radius 2 is 1.90 bits per heavy atom. The lowest BCUT2D eigenvalue weighted by Crippen LogP contribution is -2.52. The maximum absolute atomic E-state index is 13.1. The zero-order chi connectivity index (χ0) is 29.4. The molecule has 226 valence electrons. The average Bonchev–Trinajstić information content (AvgIpc) is 3.43.